The molecule has 0 aromatic heterocycles. The molecule has 0 aliphatic heterocycles. The summed E-state index contributed by atoms with van der Waals surface area (Å²) < 4.78 is 0.236. The Kier molecular flexibility index (Phi) is 5.41. The van der Waals surface area contributed by atoms with Crippen LogP contribution in [0.15, 0.2) is 40.9 Å². The van der Waals surface area contributed by atoms with E-state index in [4.69, 9.17) is 0 Å². The van der Waals surface area contributed by atoms with Crippen LogP contribution in [0.4, 0.5) is 17.1 Å². The molecule has 2 aromatic rings. The second-order valence-corrected chi connectivity index (χ2v) is 7.47. The van der Waals surface area contributed by atoms with Gasteiger partial charge < -0.3 is 5.32 Å². The number of hydrogen-bond donors (Lipinski definition) is 1. The summed E-state index contributed by atoms with van der Waals surface area (Å²) in [5.41, 5.74) is 0.00125. The first-order valence-electron chi connectivity index (χ1n) is 7.55. The largest absolute Gasteiger partial charge is 0.316 e. The molecule has 2 aromatic carbocycles. The van der Waals surface area contributed by atoms with Crippen LogP contribution in [-0.4, -0.2) is 15.8 Å². The van der Waals surface area contributed by atoms with E-state index in [1.165, 1.54) is 24.3 Å². The van der Waals surface area contributed by atoms with Crippen LogP contribution in [0.2, 0.25) is 0 Å². The molecule has 0 aliphatic rings. The van der Waals surface area contributed by atoms with Gasteiger partial charge in [0, 0.05) is 17.7 Å². The first-order valence-corrected chi connectivity index (χ1v) is 8.34. The van der Waals surface area contributed by atoms with Gasteiger partial charge in [0.05, 0.1) is 14.3 Å². The summed E-state index contributed by atoms with van der Waals surface area (Å²) in [7, 11) is 0. The molecule has 0 atom stereocenters. The molecule has 0 saturated heterocycles. The fraction of sp³-hybridized carbons (Fsp3) is 0.235. The Morgan fingerprint density at radius 3 is 2.15 bits per heavy atom. The Morgan fingerprint density at radius 1 is 1.00 bits per heavy atom. The predicted molar refractivity (Wildman–Crippen MR) is 101 cm³/mol. The Balaban J connectivity index is 2.39. The summed E-state index contributed by atoms with van der Waals surface area (Å²) in [6.07, 6.45) is 0. The summed E-state index contributed by atoms with van der Waals surface area (Å²) in [5.74, 6) is -0.674. The summed E-state index contributed by atoms with van der Waals surface area (Å²) in [6.45, 7) is 5.77. The number of nitro groups is 2. The van der Waals surface area contributed by atoms with Crippen LogP contribution in [0.3, 0.4) is 0 Å². The van der Waals surface area contributed by atoms with Crippen LogP contribution in [0, 0.1) is 20.2 Å². The number of halogens is 1. The Bertz CT molecular complexity index is 906. The number of hydrogen-bond acceptors (Lipinski definition) is 5. The molecule has 0 heterocycles. The quantitative estimate of drug-likeness (QED) is 0.561. The topological polar surface area (TPSA) is 115 Å². The van der Waals surface area contributed by atoms with E-state index in [2.05, 4.69) is 21.2 Å². The van der Waals surface area contributed by atoms with E-state index >= 15 is 0 Å². The zero-order chi connectivity index (χ0) is 19.6. The van der Waals surface area contributed by atoms with Crippen molar-refractivity contribution in [1.29, 1.82) is 0 Å². The SMILES string of the molecule is CC(C)(C)c1ccc(NC(=O)c2ccc(Br)c([N+](=O)[O-])c2)c([N+](=O)[O-])c1. The van der Waals surface area contributed by atoms with Gasteiger partial charge in [0.25, 0.3) is 17.3 Å². The fourth-order valence-electron chi connectivity index (χ4n) is 2.24. The number of nitrogens with one attached hydrogen (secondary N) is 1. The van der Waals surface area contributed by atoms with Crippen molar-refractivity contribution in [2.75, 3.05) is 5.32 Å². The molecule has 1 amide bonds. The number of benzene rings is 2. The molecular weight excluding hydrogens is 406 g/mol. The van der Waals surface area contributed by atoms with Crippen molar-refractivity contribution < 1.29 is 14.6 Å². The van der Waals surface area contributed by atoms with Crippen molar-refractivity contribution in [3.8, 4) is 0 Å². The van der Waals surface area contributed by atoms with Gasteiger partial charge >= 0.3 is 0 Å². The highest BCUT2D eigenvalue weighted by molar-refractivity contribution is 9.10. The standard InChI is InChI=1S/C17H16BrN3O5/c1-17(2,3)11-5-7-13(15(9-11)21(25)26)19-16(22)10-4-6-12(18)14(8-10)20(23)24/h4-9H,1-3H3,(H,19,22). The van der Waals surface area contributed by atoms with E-state index in [1.54, 1.807) is 6.07 Å². The third-order valence-electron chi connectivity index (χ3n) is 3.71. The maximum Gasteiger partial charge on any atom is 0.293 e. The normalized spacial score (nSPS) is 11.1. The van der Waals surface area contributed by atoms with Crippen molar-refractivity contribution in [3.63, 3.8) is 0 Å². The molecule has 0 radical (unpaired) electrons. The van der Waals surface area contributed by atoms with Gasteiger partial charge in [0.15, 0.2) is 0 Å². The number of rotatable bonds is 4. The van der Waals surface area contributed by atoms with Crippen LogP contribution in [0.5, 0.6) is 0 Å². The fourth-order valence-corrected chi connectivity index (χ4v) is 2.63. The Hall–Kier alpha value is -2.81. The van der Waals surface area contributed by atoms with Crippen molar-refractivity contribution in [2.24, 2.45) is 0 Å². The molecule has 8 nitrogen and oxygen atoms in total. The summed E-state index contributed by atoms with van der Waals surface area (Å²) in [6, 6.07) is 8.46. The van der Waals surface area contributed by atoms with Crippen LogP contribution in [0.1, 0.15) is 36.7 Å². The van der Waals surface area contributed by atoms with E-state index in [0.717, 1.165) is 11.6 Å². The maximum absolute atomic E-state index is 12.4. The Labute approximate surface area is 157 Å². The van der Waals surface area contributed by atoms with Crippen molar-refractivity contribution >= 4 is 38.9 Å². The number of nitrogens with zero attached hydrogens (tertiary/aromatic N) is 2. The van der Waals surface area contributed by atoms with Gasteiger partial charge in [0.1, 0.15) is 5.69 Å². The predicted octanol–water partition coefficient (Wildman–Crippen LogP) is 4.82. The monoisotopic (exact) mass is 421 g/mol. The molecule has 0 saturated carbocycles. The summed E-state index contributed by atoms with van der Waals surface area (Å²) >= 11 is 3.04. The molecule has 0 fully saturated rings. The zero-order valence-corrected chi connectivity index (χ0v) is 15.9. The van der Waals surface area contributed by atoms with E-state index in [9.17, 15) is 25.0 Å². The van der Waals surface area contributed by atoms with Crippen LogP contribution in [0.25, 0.3) is 0 Å². The van der Waals surface area contributed by atoms with Gasteiger partial charge in [-0.1, -0.05) is 26.8 Å². The van der Waals surface area contributed by atoms with Crippen LogP contribution in [-0.2, 0) is 5.41 Å². The lowest BCUT2D eigenvalue weighted by atomic mass is 9.86. The Morgan fingerprint density at radius 2 is 1.62 bits per heavy atom. The molecule has 0 bridgehead atoms. The maximum atomic E-state index is 12.4. The molecular formula is C17H16BrN3O5. The second kappa shape index (κ2) is 7.20. The number of carbonyl (C=O) groups excluding carboxylic acids is 1. The average Bonchev–Trinajstić information content (AvgIpc) is 2.53. The number of carbonyl (C=O) groups is 1. The van der Waals surface area contributed by atoms with E-state index in [1.807, 2.05) is 20.8 Å². The third kappa shape index (κ3) is 4.23. The lowest BCUT2D eigenvalue weighted by Gasteiger charge is -2.19. The van der Waals surface area contributed by atoms with Gasteiger partial charge in [-0.2, -0.15) is 0 Å². The lowest BCUT2D eigenvalue weighted by molar-refractivity contribution is -0.385. The molecule has 1 N–H and O–H groups in total. The van der Waals surface area contributed by atoms with E-state index in [-0.39, 0.29) is 32.5 Å². The number of anilines is 1. The summed E-state index contributed by atoms with van der Waals surface area (Å²) in [5, 5.41) is 24.8. The molecule has 0 spiro atoms. The van der Waals surface area contributed by atoms with Gasteiger partial charge in [-0.3, -0.25) is 25.0 Å². The second-order valence-electron chi connectivity index (χ2n) is 6.62. The van der Waals surface area contributed by atoms with Crippen molar-refractivity contribution in [2.45, 2.75) is 26.2 Å². The van der Waals surface area contributed by atoms with Gasteiger partial charge in [0.2, 0.25) is 0 Å². The third-order valence-corrected chi connectivity index (χ3v) is 4.38. The van der Waals surface area contributed by atoms with Crippen LogP contribution < -0.4 is 5.32 Å². The minimum absolute atomic E-state index is 0.0223. The van der Waals surface area contributed by atoms with Gasteiger partial charge in [-0.05, 0) is 45.1 Å². The molecule has 136 valence electrons. The zero-order valence-electron chi connectivity index (χ0n) is 14.3. The minimum atomic E-state index is -0.674. The van der Waals surface area contributed by atoms with Crippen molar-refractivity contribution in [3.05, 3.63) is 72.2 Å². The number of nitro benzene ring substituents is 2. The number of amides is 1. The first kappa shape index (κ1) is 19.5. The lowest BCUT2D eigenvalue weighted by Crippen LogP contribution is -2.15. The highest BCUT2D eigenvalue weighted by atomic mass is 79.9. The summed E-state index contributed by atoms with van der Waals surface area (Å²) in [4.78, 5) is 33.5. The van der Waals surface area contributed by atoms with Crippen molar-refractivity contribution in [1.82, 2.24) is 0 Å². The molecule has 0 unspecified atom stereocenters. The van der Waals surface area contributed by atoms with E-state index < -0.39 is 15.8 Å². The smallest absolute Gasteiger partial charge is 0.293 e. The first-order chi connectivity index (χ1) is 12.0. The molecule has 9 heteroatoms. The highest BCUT2D eigenvalue weighted by Gasteiger charge is 2.23. The van der Waals surface area contributed by atoms with Gasteiger partial charge in [-0.15, -0.1) is 0 Å². The minimum Gasteiger partial charge on any atom is -0.316 e. The van der Waals surface area contributed by atoms with Gasteiger partial charge in [-0.25, -0.2) is 0 Å². The molecule has 0 aliphatic carbocycles. The molecule has 2 rings (SSSR count). The highest BCUT2D eigenvalue weighted by Crippen LogP contribution is 2.32. The molecule has 26 heavy (non-hydrogen) atoms. The van der Waals surface area contributed by atoms with E-state index in [0.29, 0.717) is 0 Å². The average molecular weight is 422 g/mol. The van der Waals surface area contributed by atoms with Crippen LogP contribution >= 0.6 is 15.9 Å².